The number of aromatic nitrogens is 2. The molecule has 0 aliphatic carbocycles. The molecule has 4 heteroatoms. The normalized spacial score (nSPS) is 11.0. The van der Waals surface area contributed by atoms with Gasteiger partial charge in [-0.25, -0.2) is 4.98 Å². The van der Waals surface area contributed by atoms with Crippen molar-refractivity contribution < 1.29 is 9.90 Å². The first-order valence-corrected chi connectivity index (χ1v) is 10.5. The van der Waals surface area contributed by atoms with Crippen LogP contribution in [0.5, 0.6) is 0 Å². The molecule has 0 aliphatic rings. The van der Waals surface area contributed by atoms with Gasteiger partial charge in [-0.15, -0.1) is 0 Å². The molecule has 0 radical (unpaired) electrons. The number of rotatable bonds is 18. The lowest BCUT2D eigenvalue weighted by atomic mass is 10.0. The number of hydrogen-bond donors (Lipinski definition) is 1. The second kappa shape index (κ2) is 16.2. The van der Waals surface area contributed by atoms with E-state index in [2.05, 4.69) is 9.55 Å². The zero-order chi connectivity index (χ0) is 18.0. The Bertz CT molecular complexity index is 404. The van der Waals surface area contributed by atoms with Crippen molar-refractivity contribution in [3.05, 3.63) is 18.7 Å². The molecule has 1 heterocycles. The molecule has 1 N–H and O–H groups in total. The fourth-order valence-electron chi connectivity index (χ4n) is 3.29. The zero-order valence-corrected chi connectivity index (χ0v) is 16.0. The zero-order valence-electron chi connectivity index (χ0n) is 16.0. The van der Waals surface area contributed by atoms with E-state index in [-0.39, 0.29) is 0 Å². The van der Waals surface area contributed by atoms with E-state index in [0.717, 1.165) is 19.4 Å². The summed E-state index contributed by atoms with van der Waals surface area (Å²) in [4.78, 5) is 14.5. The van der Waals surface area contributed by atoms with E-state index < -0.39 is 5.97 Å². The predicted molar refractivity (Wildman–Crippen MR) is 104 cm³/mol. The highest BCUT2D eigenvalue weighted by Gasteiger charge is 1.97. The van der Waals surface area contributed by atoms with E-state index in [0.29, 0.717) is 6.42 Å². The first-order valence-electron chi connectivity index (χ1n) is 10.5. The maximum Gasteiger partial charge on any atom is 0.303 e. The quantitative estimate of drug-likeness (QED) is 0.320. The molecule has 0 aliphatic heterocycles. The molecule has 0 saturated heterocycles. The van der Waals surface area contributed by atoms with Gasteiger partial charge in [0.1, 0.15) is 0 Å². The summed E-state index contributed by atoms with van der Waals surface area (Å²) in [5.74, 6) is -0.658. The van der Waals surface area contributed by atoms with Gasteiger partial charge in [-0.2, -0.15) is 0 Å². The molecule has 1 aromatic rings. The third-order valence-electron chi connectivity index (χ3n) is 4.87. The van der Waals surface area contributed by atoms with Gasteiger partial charge in [0.2, 0.25) is 0 Å². The van der Waals surface area contributed by atoms with Crippen LogP contribution in [-0.2, 0) is 11.3 Å². The van der Waals surface area contributed by atoms with Crippen LogP contribution in [0.3, 0.4) is 0 Å². The van der Waals surface area contributed by atoms with E-state index in [9.17, 15) is 4.79 Å². The van der Waals surface area contributed by atoms with Gasteiger partial charge in [-0.3, -0.25) is 4.79 Å². The Hall–Kier alpha value is -1.32. The maximum absolute atomic E-state index is 10.4. The molecular formula is C21H38N2O2. The van der Waals surface area contributed by atoms with Crippen LogP contribution >= 0.6 is 0 Å². The highest BCUT2D eigenvalue weighted by molar-refractivity contribution is 5.66. The number of carboxylic acids is 1. The minimum atomic E-state index is -0.658. The molecule has 144 valence electrons. The average molecular weight is 351 g/mol. The number of carbonyl (C=O) groups is 1. The molecule has 4 nitrogen and oxygen atoms in total. The van der Waals surface area contributed by atoms with Crippen LogP contribution in [0.2, 0.25) is 0 Å². The fraction of sp³-hybridized carbons (Fsp3) is 0.810. The van der Waals surface area contributed by atoms with Crippen molar-refractivity contribution in [1.29, 1.82) is 0 Å². The Morgan fingerprint density at radius 2 is 1.16 bits per heavy atom. The van der Waals surface area contributed by atoms with Crippen LogP contribution in [-0.4, -0.2) is 20.6 Å². The summed E-state index contributed by atoms with van der Waals surface area (Å²) in [6, 6.07) is 0. The van der Waals surface area contributed by atoms with Gasteiger partial charge in [0.05, 0.1) is 6.33 Å². The molecule has 0 atom stereocenters. The second-order valence-corrected chi connectivity index (χ2v) is 7.25. The number of imidazole rings is 1. The predicted octanol–water partition coefficient (Wildman–Crippen LogP) is 6.21. The third-order valence-corrected chi connectivity index (χ3v) is 4.87. The van der Waals surface area contributed by atoms with E-state index in [1.807, 2.05) is 18.7 Å². The first-order chi connectivity index (χ1) is 12.3. The van der Waals surface area contributed by atoms with Crippen molar-refractivity contribution in [2.24, 2.45) is 0 Å². The summed E-state index contributed by atoms with van der Waals surface area (Å²) in [7, 11) is 0. The molecule has 0 aromatic carbocycles. The van der Waals surface area contributed by atoms with Gasteiger partial charge < -0.3 is 9.67 Å². The average Bonchev–Trinajstić information content (AvgIpc) is 3.11. The van der Waals surface area contributed by atoms with Crippen molar-refractivity contribution in [3.63, 3.8) is 0 Å². The Labute approximate surface area is 154 Å². The van der Waals surface area contributed by atoms with Gasteiger partial charge in [0.15, 0.2) is 0 Å². The summed E-state index contributed by atoms with van der Waals surface area (Å²) in [5.41, 5.74) is 0. The minimum absolute atomic E-state index is 0.338. The summed E-state index contributed by atoms with van der Waals surface area (Å²) in [6.45, 7) is 1.11. The molecule has 0 fully saturated rings. The standard InChI is InChI=1S/C21H38N2O2/c24-21(25)16-14-12-10-8-6-4-2-1-3-5-7-9-11-13-15-18-23-19-17-22-20-23/h17,19-20H,1-16,18H2,(H,24,25). The number of hydrogen-bond acceptors (Lipinski definition) is 2. The van der Waals surface area contributed by atoms with Crippen LogP contribution in [0.1, 0.15) is 103 Å². The van der Waals surface area contributed by atoms with Crippen molar-refractivity contribution >= 4 is 5.97 Å². The summed E-state index contributed by atoms with van der Waals surface area (Å²) < 4.78 is 2.16. The largest absolute Gasteiger partial charge is 0.481 e. The number of nitrogens with zero attached hydrogens (tertiary/aromatic N) is 2. The van der Waals surface area contributed by atoms with Crippen molar-refractivity contribution in [1.82, 2.24) is 9.55 Å². The second-order valence-electron chi connectivity index (χ2n) is 7.25. The molecule has 1 rings (SSSR count). The lowest BCUT2D eigenvalue weighted by molar-refractivity contribution is -0.137. The number of unbranched alkanes of at least 4 members (excludes halogenated alkanes) is 14. The Morgan fingerprint density at radius 3 is 1.56 bits per heavy atom. The molecule has 0 bridgehead atoms. The van der Waals surface area contributed by atoms with Gasteiger partial charge in [0, 0.05) is 25.4 Å². The Balaban J connectivity index is 1.67. The van der Waals surface area contributed by atoms with Gasteiger partial charge in [0.25, 0.3) is 0 Å². The Morgan fingerprint density at radius 1 is 0.720 bits per heavy atom. The smallest absolute Gasteiger partial charge is 0.303 e. The van der Waals surface area contributed by atoms with Crippen LogP contribution in [0.15, 0.2) is 18.7 Å². The molecule has 0 spiro atoms. The first kappa shape index (κ1) is 21.7. The van der Waals surface area contributed by atoms with Crippen LogP contribution < -0.4 is 0 Å². The van der Waals surface area contributed by atoms with Crippen LogP contribution in [0.4, 0.5) is 0 Å². The highest BCUT2D eigenvalue weighted by Crippen LogP contribution is 2.13. The topological polar surface area (TPSA) is 55.1 Å². The van der Waals surface area contributed by atoms with Crippen molar-refractivity contribution in [2.45, 2.75) is 109 Å². The number of carboxylic acid groups (broad SMARTS) is 1. The van der Waals surface area contributed by atoms with E-state index in [1.165, 1.54) is 83.5 Å². The van der Waals surface area contributed by atoms with Crippen molar-refractivity contribution in [3.8, 4) is 0 Å². The van der Waals surface area contributed by atoms with Crippen LogP contribution in [0.25, 0.3) is 0 Å². The monoisotopic (exact) mass is 350 g/mol. The maximum atomic E-state index is 10.4. The third kappa shape index (κ3) is 14.7. The lowest BCUT2D eigenvalue weighted by Crippen LogP contribution is -1.93. The summed E-state index contributed by atoms with van der Waals surface area (Å²) in [6.07, 6.45) is 25.5. The number of aliphatic carboxylic acids is 1. The molecule has 0 amide bonds. The Kier molecular flexibility index (Phi) is 14.0. The number of aryl methyl sites for hydroxylation is 1. The molecule has 25 heavy (non-hydrogen) atoms. The molecule has 0 saturated carbocycles. The summed E-state index contributed by atoms with van der Waals surface area (Å²) >= 11 is 0. The van der Waals surface area contributed by atoms with Gasteiger partial charge in [-0.1, -0.05) is 83.5 Å². The van der Waals surface area contributed by atoms with Crippen LogP contribution in [0, 0.1) is 0 Å². The lowest BCUT2D eigenvalue weighted by Gasteiger charge is -2.04. The van der Waals surface area contributed by atoms with E-state index >= 15 is 0 Å². The molecule has 1 aromatic heterocycles. The fourth-order valence-corrected chi connectivity index (χ4v) is 3.29. The highest BCUT2D eigenvalue weighted by atomic mass is 16.4. The molecule has 0 unspecified atom stereocenters. The van der Waals surface area contributed by atoms with Gasteiger partial charge >= 0.3 is 5.97 Å². The summed E-state index contributed by atoms with van der Waals surface area (Å²) in [5, 5.41) is 8.56. The van der Waals surface area contributed by atoms with E-state index in [4.69, 9.17) is 5.11 Å². The van der Waals surface area contributed by atoms with Gasteiger partial charge in [-0.05, 0) is 12.8 Å². The van der Waals surface area contributed by atoms with E-state index in [1.54, 1.807) is 0 Å². The SMILES string of the molecule is O=C(O)CCCCCCCCCCCCCCCCCn1ccnc1. The minimum Gasteiger partial charge on any atom is -0.481 e. The molecular weight excluding hydrogens is 312 g/mol. The van der Waals surface area contributed by atoms with Crippen molar-refractivity contribution in [2.75, 3.05) is 0 Å².